The van der Waals surface area contributed by atoms with Gasteiger partial charge < -0.3 is 16.0 Å². The molecule has 0 spiro atoms. The first-order valence-electron chi connectivity index (χ1n) is 4.52. The van der Waals surface area contributed by atoms with E-state index in [0.29, 0.717) is 11.0 Å². The fourth-order valence-corrected chi connectivity index (χ4v) is 1.67. The van der Waals surface area contributed by atoms with E-state index < -0.39 is 0 Å². The minimum atomic E-state index is 0. The van der Waals surface area contributed by atoms with E-state index >= 15 is 0 Å². The predicted octanol–water partition coefficient (Wildman–Crippen LogP) is 0.544. The monoisotopic (exact) mass is 249 g/mol. The average molecular weight is 250 g/mol. The Morgan fingerprint density at radius 2 is 2.00 bits per heavy atom. The molecule has 1 aromatic rings. The Balaban J connectivity index is 0.00000112. The maximum Gasteiger partial charge on any atom is 0.169 e. The minimum absolute atomic E-state index is 0. The SMILES string of the molecule is Cl.Nc1nnc(Cl)cc1N1CCNCC1. The second kappa shape index (κ2) is 5.34. The fourth-order valence-electron chi connectivity index (χ4n) is 1.53. The van der Waals surface area contributed by atoms with Crippen molar-refractivity contribution in [2.24, 2.45) is 0 Å². The molecule has 2 heterocycles. The Hall–Kier alpha value is -0.780. The highest BCUT2D eigenvalue weighted by Crippen LogP contribution is 2.22. The molecule has 7 heteroatoms. The summed E-state index contributed by atoms with van der Waals surface area (Å²) >= 11 is 5.76. The number of hydrogen-bond acceptors (Lipinski definition) is 5. The van der Waals surface area contributed by atoms with Crippen molar-refractivity contribution in [3.8, 4) is 0 Å². The summed E-state index contributed by atoms with van der Waals surface area (Å²) in [6.07, 6.45) is 0. The highest BCUT2D eigenvalue weighted by atomic mass is 35.5. The largest absolute Gasteiger partial charge is 0.380 e. The van der Waals surface area contributed by atoms with Gasteiger partial charge in [-0.3, -0.25) is 0 Å². The molecule has 0 saturated carbocycles. The van der Waals surface area contributed by atoms with Crippen molar-refractivity contribution in [1.82, 2.24) is 15.5 Å². The van der Waals surface area contributed by atoms with Crippen molar-refractivity contribution in [1.29, 1.82) is 0 Å². The van der Waals surface area contributed by atoms with Gasteiger partial charge in [-0.1, -0.05) is 11.6 Å². The summed E-state index contributed by atoms with van der Waals surface area (Å²) in [5.74, 6) is 0.441. The zero-order valence-electron chi connectivity index (χ0n) is 8.11. The molecule has 0 bridgehead atoms. The molecule has 3 N–H and O–H groups in total. The highest BCUT2D eigenvalue weighted by molar-refractivity contribution is 6.29. The van der Waals surface area contributed by atoms with E-state index in [1.807, 2.05) is 0 Å². The first kappa shape index (κ1) is 12.3. The average Bonchev–Trinajstić information content (AvgIpc) is 2.23. The smallest absolute Gasteiger partial charge is 0.169 e. The molecule has 5 nitrogen and oxygen atoms in total. The van der Waals surface area contributed by atoms with Gasteiger partial charge >= 0.3 is 0 Å². The van der Waals surface area contributed by atoms with Gasteiger partial charge in [0, 0.05) is 32.2 Å². The van der Waals surface area contributed by atoms with Crippen molar-refractivity contribution >= 4 is 35.5 Å². The van der Waals surface area contributed by atoms with Crippen molar-refractivity contribution < 1.29 is 0 Å². The topological polar surface area (TPSA) is 67.1 Å². The Kier molecular flexibility index (Phi) is 4.38. The summed E-state index contributed by atoms with van der Waals surface area (Å²) in [6.45, 7) is 3.76. The van der Waals surface area contributed by atoms with Gasteiger partial charge in [-0.05, 0) is 0 Å². The van der Waals surface area contributed by atoms with E-state index in [0.717, 1.165) is 31.9 Å². The van der Waals surface area contributed by atoms with Gasteiger partial charge in [0.1, 0.15) is 0 Å². The number of hydrogen-bond donors (Lipinski definition) is 2. The van der Waals surface area contributed by atoms with Crippen molar-refractivity contribution in [2.45, 2.75) is 0 Å². The summed E-state index contributed by atoms with van der Waals surface area (Å²) < 4.78 is 0. The Bertz CT molecular complexity index is 327. The molecule has 84 valence electrons. The van der Waals surface area contributed by atoms with Gasteiger partial charge in [-0.2, -0.15) is 0 Å². The summed E-state index contributed by atoms with van der Waals surface area (Å²) in [5, 5.41) is 11.1. The molecular formula is C8H13Cl2N5. The number of rotatable bonds is 1. The van der Waals surface area contributed by atoms with Crippen LogP contribution in [0.4, 0.5) is 11.5 Å². The van der Waals surface area contributed by atoms with Crippen LogP contribution in [0.1, 0.15) is 0 Å². The van der Waals surface area contributed by atoms with Crippen LogP contribution in [-0.4, -0.2) is 36.4 Å². The Morgan fingerprint density at radius 1 is 1.33 bits per heavy atom. The molecule has 2 rings (SSSR count). The molecule has 0 atom stereocenters. The quantitative estimate of drug-likeness (QED) is 0.761. The molecule has 0 radical (unpaired) electrons. The van der Waals surface area contributed by atoms with Crippen LogP contribution in [0.3, 0.4) is 0 Å². The van der Waals surface area contributed by atoms with Gasteiger partial charge in [-0.15, -0.1) is 22.6 Å². The molecule has 1 aliphatic rings. The molecule has 0 aromatic carbocycles. The maximum atomic E-state index is 5.76. The van der Waals surface area contributed by atoms with E-state index in [4.69, 9.17) is 17.3 Å². The molecule has 1 saturated heterocycles. The predicted molar refractivity (Wildman–Crippen MR) is 63.8 cm³/mol. The molecule has 15 heavy (non-hydrogen) atoms. The normalized spacial score (nSPS) is 15.9. The second-order valence-electron chi connectivity index (χ2n) is 3.17. The first-order valence-corrected chi connectivity index (χ1v) is 4.89. The van der Waals surface area contributed by atoms with Gasteiger partial charge in [0.05, 0.1) is 5.69 Å². The third kappa shape index (κ3) is 2.84. The molecule has 1 aliphatic heterocycles. The number of nitrogens with two attached hydrogens (primary N) is 1. The van der Waals surface area contributed by atoms with E-state index in [1.54, 1.807) is 6.07 Å². The number of nitrogens with zero attached hydrogens (tertiary/aromatic N) is 3. The van der Waals surface area contributed by atoms with E-state index in [2.05, 4.69) is 20.4 Å². The summed E-state index contributed by atoms with van der Waals surface area (Å²) in [5.41, 5.74) is 6.61. The summed E-state index contributed by atoms with van der Waals surface area (Å²) in [4.78, 5) is 2.16. The zero-order valence-corrected chi connectivity index (χ0v) is 9.68. The van der Waals surface area contributed by atoms with Crippen molar-refractivity contribution in [3.63, 3.8) is 0 Å². The molecule has 0 amide bonds. The van der Waals surface area contributed by atoms with Crippen LogP contribution in [0.5, 0.6) is 0 Å². The third-order valence-electron chi connectivity index (χ3n) is 2.23. The van der Waals surface area contributed by atoms with E-state index in [-0.39, 0.29) is 12.4 Å². The third-order valence-corrected chi connectivity index (χ3v) is 2.41. The van der Waals surface area contributed by atoms with Crippen LogP contribution in [0.2, 0.25) is 5.15 Å². The molecule has 0 aliphatic carbocycles. The first-order chi connectivity index (χ1) is 6.77. The van der Waals surface area contributed by atoms with Crippen LogP contribution in [0, 0.1) is 0 Å². The van der Waals surface area contributed by atoms with E-state index in [1.165, 1.54) is 0 Å². The van der Waals surface area contributed by atoms with Gasteiger partial charge in [-0.25, -0.2) is 0 Å². The Morgan fingerprint density at radius 3 is 2.67 bits per heavy atom. The number of piperazine rings is 1. The lowest BCUT2D eigenvalue weighted by atomic mass is 10.3. The number of halogens is 2. The Labute approximate surface area is 99.4 Å². The van der Waals surface area contributed by atoms with Crippen LogP contribution in [-0.2, 0) is 0 Å². The molecule has 1 fully saturated rings. The second-order valence-corrected chi connectivity index (χ2v) is 3.56. The van der Waals surface area contributed by atoms with E-state index in [9.17, 15) is 0 Å². The number of aromatic nitrogens is 2. The standard InChI is InChI=1S/C8H12ClN5.ClH/c9-7-5-6(8(10)13-12-7)14-3-1-11-2-4-14;/h5,11H,1-4H2,(H2,10,13);1H. The highest BCUT2D eigenvalue weighted by Gasteiger charge is 2.14. The van der Waals surface area contributed by atoms with Crippen molar-refractivity contribution in [2.75, 3.05) is 36.8 Å². The lowest BCUT2D eigenvalue weighted by molar-refractivity contribution is 0.589. The zero-order chi connectivity index (χ0) is 9.97. The van der Waals surface area contributed by atoms with Gasteiger partial charge in [0.2, 0.25) is 0 Å². The number of nitrogens with one attached hydrogen (secondary N) is 1. The number of anilines is 2. The maximum absolute atomic E-state index is 5.76. The van der Waals surface area contributed by atoms with Crippen LogP contribution >= 0.6 is 24.0 Å². The summed E-state index contributed by atoms with van der Waals surface area (Å²) in [7, 11) is 0. The van der Waals surface area contributed by atoms with Crippen LogP contribution in [0.15, 0.2) is 6.07 Å². The lowest BCUT2D eigenvalue weighted by Gasteiger charge is -2.29. The molecule has 1 aromatic heterocycles. The van der Waals surface area contributed by atoms with Gasteiger partial charge in [0.15, 0.2) is 11.0 Å². The van der Waals surface area contributed by atoms with Crippen LogP contribution < -0.4 is 16.0 Å². The fraction of sp³-hybridized carbons (Fsp3) is 0.500. The minimum Gasteiger partial charge on any atom is -0.380 e. The van der Waals surface area contributed by atoms with Gasteiger partial charge in [0.25, 0.3) is 0 Å². The lowest BCUT2D eigenvalue weighted by Crippen LogP contribution is -2.43. The van der Waals surface area contributed by atoms with Crippen molar-refractivity contribution in [3.05, 3.63) is 11.2 Å². The molecule has 0 unspecified atom stereocenters. The summed E-state index contributed by atoms with van der Waals surface area (Å²) in [6, 6.07) is 1.76. The molecular weight excluding hydrogens is 237 g/mol. The van der Waals surface area contributed by atoms with Crippen LogP contribution in [0.25, 0.3) is 0 Å². The number of nitrogen functional groups attached to an aromatic ring is 1.